The monoisotopic (exact) mass is 312 g/mol. The van der Waals surface area contributed by atoms with Gasteiger partial charge in [0.2, 0.25) is 0 Å². The summed E-state index contributed by atoms with van der Waals surface area (Å²) >= 11 is 7.93. The van der Waals surface area contributed by atoms with Gasteiger partial charge in [-0.2, -0.15) is 11.3 Å². The molecule has 0 saturated heterocycles. The number of nitrogens with two attached hydrogens (primary N) is 1. The molecule has 0 aliphatic heterocycles. The van der Waals surface area contributed by atoms with Crippen molar-refractivity contribution in [3.8, 4) is 11.1 Å². The average Bonchev–Trinajstić information content (AvgIpc) is 2.91. The minimum absolute atomic E-state index is 0.0101. The van der Waals surface area contributed by atoms with Crippen molar-refractivity contribution in [2.45, 2.75) is 0 Å². The number of aliphatic hydroxyl groups is 2. The number of aliphatic hydroxyl groups excluding tert-OH is 2. The maximum absolute atomic E-state index is 9.20. The summed E-state index contributed by atoms with van der Waals surface area (Å²) in [5.74, 6) is 0. The predicted octanol–water partition coefficient (Wildman–Crippen LogP) is 2.44. The summed E-state index contributed by atoms with van der Waals surface area (Å²) < 4.78 is 0. The van der Waals surface area contributed by atoms with Gasteiger partial charge in [-0.15, -0.1) is 0 Å². The maximum Gasteiger partial charge on any atom is 0.0666 e. The number of nitrogen functional groups attached to an aromatic ring is 1. The summed E-state index contributed by atoms with van der Waals surface area (Å²) in [6.45, 7) is 0.788. The number of anilines is 2. The van der Waals surface area contributed by atoms with Crippen molar-refractivity contribution in [2.24, 2.45) is 0 Å². The molecule has 0 radical (unpaired) electrons. The van der Waals surface area contributed by atoms with E-state index in [0.717, 1.165) is 16.8 Å². The van der Waals surface area contributed by atoms with Crippen LogP contribution in [-0.2, 0) is 0 Å². The Hall–Kier alpha value is -1.27. The Bertz CT molecular complexity index is 555. The Balaban J connectivity index is 2.54. The van der Waals surface area contributed by atoms with Crippen molar-refractivity contribution in [3.05, 3.63) is 34.0 Å². The van der Waals surface area contributed by atoms with Gasteiger partial charge in [0.05, 0.1) is 23.9 Å². The lowest BCUT2D eigenvalue weighted by molar-refractivity contribution is 0.281. The summed E-state index contributed by atoms with van der Waals surface area (Å²) in [6, 6.07) is 5.55. The van der Waals surface area contributed by atoms with Gasteiger partial charge < -0.3 is 20.8 Å². The quantitative estimate of drug-likeness (QED) is 0.717. The molecule has 0 aliphatic rings. The fourth-order valence-electron chi connectivity index (χ4n) is 2.16. The molecule has 2 aromatic rings. The van der Waals surface area contributed by atoms with Crippen LogP contribution in [0.2, 0.25) is 5.02 Å². The summed E-state index contributed by atoms with van der Waals surface area (Å²) in [4.78, 5) is 1.87. The molecule has 0 fully saturated rings. The first-order chi connectivity index (χ1) is 9.67. The SMILES string of the molecule is Nc1cc(Cl)c(N(CCO)CCO)c(-c2ccsc2)c1. The first-order valence-corrected chi connectivity index (χ1v) is 7.57. The highest BCUT2D eigenvalue weighted by Crippen LogP contribution is 2.39. The largest absolute Gasteiger partial charge is 0.399 e. The molecule has 0 aliphatic carbocycles. The van der Waals surface area contributed by atoms with Gasteiger partial charge in [-0.1, -0.05) is 11.6 Å². The van der Waals surface area contributed by atoms with E-state index in [0.29, 0.717) is 23.8 Å². The van der Waals surface area contributed by atoms with Gasteiger partial charge in [-0.05, 0) is 34.5 Å². The standard InChI is InChI=1S/C14H17ClN2O2S/c15-13-8-11(16)7-12(10-1-6-20-9-10)14(13)17(2-4-18)3-5-19/h1,6-9,18-19H,2-5,16H2. The van der Waals surface area contributed by atoms with E-state index in [1.165, 1.54) is 0 Å². The van der Waals surface area contributed by atoms with E-state index in [2.05, 4.69) is 0 Å². The van der Waals surface area contributed by atoms with E-state index >= 15 is 0 Å². The molecule has 6 heteroatoms. The van der Waals surface area contributed by atoms with Crippen molar-refractivity contribution in [3.63, 3.8) is 0 Å². The normalized spacial score (nSPS) is 10.8. The highest BCUT2D eigenvalue weighted by molar-refractivity contribution is 7.08. The third-order valence-electron chi connectivity index (χ3n) is 2.97. The molecule has 0 spiro atoms. The fourth-order valence-corrected chi connectivity index (χ4v) is 3.16. The second-order valence-electron chi connectivity index (χ2n) is 4.35. The van der Waals surface area contributed by atoms with Gasteiger partial charge in [0.1, 0.15) is 0 Å². The Morgan fingerprint density at radius 2 is 1.90 bits per heavy atom. The maximum atomic E-state index is 9.20. The van der Waals surface area contributed by atoms with Crippen LogP contribution in [-0.4, -0.2) is 36.5 Å². The molecule has 108 valence electrons. The number of benzene rings is 1. The number of thiophene rings is 1. The predicted molar refractivity (Wildman–Crippen MR) is 85.6 cm³/mol. The molecule has 4 nitrogen and oxygen atoms in total. The van der Waals surface area contributed by atoms with E-state index < -0.39 is 0 Å². The number of hydrogen-bond donors (Lipinski definition) is 3. The van der Waals surface area contributed by atoms with Crippen LogP contribution < -0.4 is 10.6 Å². The van der Waals surface area contributed by atoms with Gasteiger partial charge >= 0.3 is 0 Å². The molecule has 4 N–H and O–H groups in total. The van der Waals surface area contributed by atoms with Crippen molar-refractivity contribution in [1.82, 2.24) is 0 Å². The van der Waals surface area contributed by atoms with E-state index in [4.69, 9.17) is 17.3 Å². The number of hydrogen-bond acceptors (Lipinski definition) is 5. The molecule has 1 heterocycles. The highest BCUT2D eigenvalue weighted by Gasteiger charge is 2.17. The Labute approximate surface area is 127 Å². The summed E-state index contributed by atoms with van der Waals surface area (Å²) in [6.07, 6.45) is 0. The molecule has 1 aromatic carbocycles. The zero-order valence-corrected chi connectivity index (χ0v) is 12.5. The first-order valence-electron chi connectivity index (χ1n) is 6.25. The van der Waals surface area contributed by atoms with Crippen LogP contribution in [0.4, 0.5) is 11.4 Å². The molecule has 0 unspecified atom stereocenters. The topological polar surface area (TPSA) is 69.7 Å². The van der Waals surface area contributed by atoms with Crippen LogP contribution in [0.1, 0.15) is 0 Å². The number of nitrogens with zero attached hydrogens (tertiary/aromatic N) is 1. The third-order valence-corrected chi connectivity index (χ3v) is 3.95. The third kappa shape index (κ3) is 3.24. The molecule has 1 aromatic heterocycles. The number of halogens is 1. The molecule has 0 saturated carbocycles. The van der Waals surface area contributed by atoms with Crippen LogP contribution in [0.15, 0.2) is 29.0 Å². The second kappa shape index (κ2) is 6.95. The minimum Gasteiger partial charge on any atom is -0.399 e. The summed E-state index contributed by atoms with van der Waals surface area (Å²) in [5, 5.41) is 22.9. The summed E-state index contributed by atoms with van der Waals surface area (Å²) in [5.41, 5.74) is 9.21. The van der Waals surface area contributed by atoms with Crippen molar-refractivity contribution >= 4 is 34.3 Å². The Kier molecular flexibility index (Phi) is 5.25. The van der Waals surface area contributed by atoms with Crippen LogP contribution in [0, 0.1) is 0 Å². The van der Waals surface area contributed by atoms with Gasteiger partial charge in [0, 0.05) is 24.3 Å². The lowest BCUT2D eigenvalue weighted by atomic mass is 10.0. The second-order valence-corrected chi connectivity index (χ2v) is 5.53. The van der Waals surface area contributed by atoms with Crippen molar-refractivity contribution in [1.29, 1.82) is 0 Å². The highest BCUT2D eigenvalue weighted by atomic mass is 35.5. The molecular formula is C14H17ClN2O2S. The molecule has 0 atom stereocenters. The van der Waals surface area contributed by atoms with Crippen LogP contribution >= 0.6 is 22.9 Å². The molecule has 20 heavy (non-hydrogen) atoms. The fraction of sp³-hybridized carbons (Fsp3) is 0.286. The van der Waals surface area contributed by atoms with Gasteiger partial charge in [-0.3, -0.25) is 0 Å². The minimum atomic E-state index is -0.0101. The van der Waals surface area contributed by atoms with Crippen molar-refractivity contribution < 1.29 is 10.2 Å². The average molecular weight is 313 g/mol. The van der Waals surface area contributed by atoms with Crippen LogP contribution in [0.25, 0.3) is 11.1 Å². The van der Waals surface area contributed by atoms with E-state index in [1.54, 1.807) is 17.4 Å². The van der Waals surface area contributed by atoms with E-state index in [-0.39, 0.29) is 13.2 Å². The zero-order chi connectivity index (χ0) is 14.5. The first kappa shape index (κ1) is 15.1. The molecule has 0 bridgehead atoms. The molecule has 0 amide bonds. The Morgan fingerprint density at radius 1 is 1.20 bits per heavy atom. The smallest absolute Gasteiger partial charge is 0.0666 e. The lowest BCUT2D eigenvalue weighted by Crippen LogP contribution is -2.30. The zero-order valence-electron chi connectivity index (χ0n) is 10.9. The Morgan fingerprint density at radius 3 is 2.45 bits per heavy atom. The molecule has 2 rings (SSSR count). The molecular weight excluding hydrogens is 296 g/mol. The summed E-state index contributed by atoms with van der Waals surface area (Å²) in [7, 11) is 0. The van der Waals surface area contributed by atoms with Crippen LogP contribution in [0.5, 0.6) is 0 Å². The van der Waals surface area contributed by atoms with Crippen LogP contribution in [0.3, 0.4) is 0 Å². The lowest BCUT2D eigenvalue weighted by Gasteiger charge is -2.27. The van der Waals surface area contributed by atoms with E-state index in [9.17, 15) is 10.2 Å². The number of rotatable bonds is 6. The van der Waals surface area contributed by atoms with E-state index in [1.807, 2.05) is 27.8 Å². The van der Waals surface area contributed by atoms with Gasteiger partial charge in [0.15, 0.2) is 0 Å². The van der Waals surface area contributed by atoms with Crippen molar-refractivity contribution in [2.75, 3.05) is 36.9 Å². The van der Waals surface area contributed by atoms with Gasteiger partial charge in [-0.25, -0.2) is 0 Å². The van der Waals surface area contributed by atoms with Gasteiger partial charge in [0.25, 0.3) is 0 Å².